The van der Waals surface area contributed by atoms with Crippen LogP contribution < -0.4 is 10.1 Å². The van der Waals surface area contributed by atoms with Gasteiger partial charge in [0.15, 0.2) is 5.52 Å². The number of benzene rings is 2. The van der Waals surface area contributed by atoms with Crippen LogP contribution in [0.3, 0.4) is 0 Å². The molecule has 3 N–H and O–H groups in total. The van der Waals surface area contributed by atoms with Crippen molar-refractivity contribution in [3.8, 4) is 22.6 Å². The maximum Gasteiger partial charge on any atom is 0.154 e. The highest BCUT2D eigenvalue weighted by Crippen LogP contribution is 2.31. The number of H-pyrrole nitrogens is 1. The molecule has 1 unspecified atom stereocenters. The summed E-state index contributed by atoms with van der Waals surface area (Å²) in [4.78, 5) is 0. The third-order valence-corrected chi connectivity index (χ3v) is 4.23. The fraction of sp³-hybridized carbons (Fsp3) is 0.294. The lowest BCUT2D eigenvalue weighted by atomic mass is 10.0. The quantitative estimate of drug-likeness (QED) is 0.676. The van der Waals surface area contributed by atoms with E-state index in [9.17, 15) is 5.11 Å². The highest BCUT2D eigenvalue weighted by Gasteiger charge is 2.17. The van der Waals surface area contributed by atoms with E-state index in [-0.39, 0.29) is 18.2 Å². The lowest BCUT2D eigenvalue weighted by Crippen LogP contribution is -2.15. The summed E-state index contributed by atoms with van der Waals surface area (Å²) < 4.78 is 6.04. The summed E-state index contributed by atoms with van der Waals surface area (Å²) in [5.74, 6) is 1.53. The van der Waals surface area contributed by atoms with Gasteiger partial charge in [0.1, 0.15) is 11.5 Å². The lowest BCUT2D eigenvalue weighted by Gasteiger charge is -2.12. The van der Waals surface area contributed by atoms with E-state index in [0.717, 1.165) is 47.4 Å². The lowest BCUT2D eigenvalue weighted by molar-refractivity contribution is 0.262. The van der Waals surface area contributed by atoms with Crippen molar-refractivity contribution in [3.05, 3.63) is 36.4 Å². The third kappa shape index (κ3) is 3.29. The van der Waals surface area contributed by atoms with Gasteiger partial charge in [0.2, 0.25) is 0 Å². The monoisotopic (exact) mass is 346 g/mol. The molecule has 0 bridgehead atoms. The van der Waals surface area contributed by atoms with Crippen molar-refractivity contribution < 1.29 is 9.84 Å². The Kier molecular flexibility index (Phi) is 4.87. The molecule has 0 spiro atoms. The second kappa shape index (κ2) is 7.07. The maximum atomic E-state index is 9.45. The van der Waals surface area contributed by atoms with Crippen LogP contribution in [0.15, 0.2) is 36.4 Å². The second-order valence-corrected chi connectivity index (χ2v) is 5.90. The Labute approximate surface area is 145 Å². The normalized spacial score (nSPS) is 16.9. The minimum Gasteiger partial charge on any atom is -0.508 e. The van der Waals surface area contributed by atoms with Gasteiger partial charge in [0.05, 0.1) is 12.1 Å². The minimum atomic E-state index is 0. The molecule has 1 aromatic heterocycles. The molecule has 6 nitrogen and oxygen atoms in total. The molecule has 7 heteroatoms. The number of aromatic amines is 1. The van der Waals surface area contributed by atoms with E-state index in [4.69, 9.17) is 4.74 Å². The van der Waals surface area contributed by atoms with E-state index >= 15 is 0 Å². The number of ether oxygens (including phenoxy) is 1. The van der Waals surface area contributed by atoms with Gasteiger partial charge in [-0.3, -0.25) is 5.10 Å². The molecule has 2 heterocycles. The highest BCUT2D eigenvalue weighted by atomic mass is 35.5. The van der Waals surface area contributed by atoms with Gasteiger partial charge in [-0.2, -0.15) is 0 Å². The van der Waals surface area contributed by atoms with E-state index < -0.39 is 0 Å². The predicted octanol–water partition coefficient (Wildman–Crippen LogP) is 2.74. The van der Waals surface area contributed by atoms with Crippen molar-refractivity contribution in [1.82, 2.24) is 20.7 Å². The van der Waals surface area contributed by atoms with Crippen LogP contribution in [0.1, 0.15) is 6.42 Å². The summed E-state index contributed by atoms with van der Waals surface area (Å²) >= 11 is 0. The fourth-order valence-corrected chi connectivity index (χ4v) is 2.92. The number of phenolic OH excluding ortho intramolecular Hbond substituents is 1. The van der Waals surface area contributed by atoms with Crippen molar-refractivity contribution >= 4 is 23.4 Å². The zero-order chi connectivity index (χ0) is 15.6. The molecule has 1 saturated heterocycles. The molecule has 24 heavy (non-hydrogen) atoms. The van der Waals surface area contributed by atoms with E-state index in [1.165, 1.54) is 0 Å². The Bertz CT molecular complexity index is 813. The summed E-state index contributed by atoms with van der Waals surface area (Å²) in [7, 11) is 0. The first-order chi connectivity index (χ1) is 11.3. The first-order valence-corrected chi connectivity index (χ1v) is 7.77. The number of hydrogen-bond donors (Lipinski definition) is 3. The standard InChI is InChI=1S/C17H18N4O2.ClH/c22-14-3-1-12(2-4-14)13-7-15-17(20-21-19-15)16(8-13)23-10-11-5-6-18-9-11;/h1-4,7-8,11,18,22H,5-6,9-10H2,(H,19,20,21);1H. The molecule has 1 atom stereocenters. The highest BCUT2D eigenvalue weighted by molar-refractivity contribution is 5.86. The smallest absolute Gasteiger partial charge is 0.154 e. The number of aromatic nitrogens is 3. The molecule has 1 aliphatic heterocycles. The van der Waals surface area contributed by atoms with Crippen molar-refractivity contribution in [3.63, 3.8) is 0 Å². The Balaban J connectivity index is 0.00000169. The molecule has 0 radical (unpaired) electrons. The first-order valence-electron chi connectivity index (χ1n) is 7.77. The maximum absolute atomic E-state index is 9.45. The van der Waals surface area contributed by atoms with Gasteiger partial charge in [-0.1, -0.05) is 17.3 Å². The molecule has 1 fully saturated rings. The molecular weight excluding hydrogens is 328 g/mol. The van der Waals surface area contributed by atoms with Crippen LogP contribution in [0.2, 0.25) is 0 Å². The Morgan fingerprint density at radius 3 is 2.75 bits per heavy atom. The predicted molar refractivity (Wildman–Crippen MR) is 94.7 cm³/mol. The Morgan fingerprint density at radius 1 is 1.17 bits per heavy atom. The SMILES string of the molecule is Cl.Oc1ccc(-c2cc(OCC3CCNC3)c3nn[nH]c3c2)cc1. The molecular formula is C17H19ClN4O2. The van der Waals surface area contributed by atoms with Crippen LogP contribution in [0.4, 0.5) is 0 Å². The van der Waals surface area contributed by atoms with Gasteiger partial charge in [0.25, 0.3) is 0 Å². The van der Waals surface area contributed by atoms with Crippen LogP contribution in [0.25, 0.3) is 22.2 Å². The van der Waals surface area contributed by atoms with Crippen molar-refractivity contribution in [2.45, 2.75) is 6.42 Å². The summed E-state index contributed by atoms with van der Waals surface area (Å²) in [6.45, 7) is 2.73. The number of aromatic hydroxyl groups is 1. The van der Waals surface area contributed by atoms with Crippen LogP contribution in [0, 0.1) is 5.92 Å². The number of nitrogens with one attached hydrogen (secondary N) is 2. The average Bonchev–Trinajstić information content (AvgIpc) is 3.24. The average molecular weight is 347 g/mol. The van der Waals surface area contributed by atoms with Gasteiger partial charge in [0, 0.05) is 12.5 Å². The summed E-state index contributed by atoms with van der Waals surface area (Å²) in [5.41, 5.74) is 3.60. The van der Waals surface area contributed by atoms with Gasteiger partial charge in [-0.15, -0.1) is 17.5 Å². The largest absolute Gasteiger partial charge is 0.508 e. The Morgan fingerprint density at radius 2 is 2.00 bits per heavy atom. The van der Waals surface area contributed by atoms with Gasteiger partial charge in [-0.25, -0.2) is 0 Å². The molecule has 126 valence electrons. The number of phenols is 1. The van der Waals surface area contributed by atoms with Crippen LogP contribution in [0.5, 0.6) is 11.5 Å². The number of halogens is 1. The van der Waals surface area contributed by atoms with Crippen molar-refractivity contribution in [1.29, 1.82) is 0 Å². The number of rotatable bonds is 4. The Hall–Kier alpha value is -2.31. The van der Waals surface area contributed by atoms with E-state index in [1.54, 1.807) is 12.1 Å². The van der Waals surface area contributed by atoms with Gasteiger partial charge < -0.3 is 15.2 Å². The molecule has 2 aromatic carbocycles. The third-order valence-electron chi connectivity index (χ3n) is 4.23. The zero-order valence-corrected chi connectivity index (χ0v) is 13.8. The van der Waals surface area contributed by atoms with Crippen LogP contribution in [-0.4, -0.2) is 40.2 Å². The second-order valence-electron chi connectivity index (χ2n) is 5.90. The number of fused-ring (bicyclic) bond motifs is 1. The molecule has 0 amide bonds. The minimum absolute atomic E-state index is 0. The zero-order valence-electron chi connectivity index (χ0n) is 13.0. The number of hydrogen-bond acceptors (Lipinski definition) is 5. The van der Waals surface area contributed by atoms with Crippen LogP contribution in [-0.2, 0) is 0 Å². The van der Waals surface area contributed by atoms with E-state index in [1.807, 2.05) is 24.3 Å². The van der Waals surface area contributed by atoms with Gasteiger partial charge >= 0.3 is 0 Å². The molecule has 1 aliphatic rings. The molecule has 0 aliphatic carbocycles. The first kappa shape index (κ1) is 16.5. The van der Waals surface area contributed by atoms with E-state index in [0.29, 0.717) is 12.5 Å². The summed E-state index contributed by atoms with van der Waals surface area (Å²) in [5, 5.41) is 23.7. The molecule has 0 saturated carbocycles. The topological polar surface area (TPSA) is 83.1 Å². The molecule has 4 rings (SSSR count). The fourth-order valence-electron chi connectivity index (χ4n) is 2.92. The van der Waals surface area contributed by atoms with Crippen LogP contribution >= 0.6 is 12.4 Å². The van der Waals surface area contributed by atoms with E-state index in [2.05, 4.69) is 20.7 Å². The summed E-state index contributed by atoms with van der Waals surface area (Å²) in [6.07, 6.45) is 1.14. The van der Waals surface area contributed by atoms with Crippen molar-refractivity contribution in [2.75, 3.05) is 19.7 Å². The molecule has 3 aromatic rings. The van der Waals surface area contributed by atoms with Gasteiger partial charge in [-0.05, 0) is 48.4 Å². The van der Waals surface area contributed by atoms with Crippen molar-refractivity contribution in [2.24, 2.45) is 5.92 Å². The number of nitrogens with zero attached hydrogens (tertiary/aromatic N) is 2. The summed E-state index contributed by atoms with van der Waals surface area (Å²) in [6, 6.07) is 11.1.